The molecule has 0 bridgehead atoms. The Morgan fingerprint density at radius 2 is 2.00 bits per heavy atom. The lowest BCUT2D eigenvalue weighted by Crippen LogP contribution is -2.37. The minimum Gasteiger partial charge on any atom is -0.351 e. The van der Waals surface area contributed by atoms with Crippen LogP contribution in [0, 0.1) is 0 Å². The molecule has 8 heteroatoms. The van der Waals surface area contributed by atoms with E-state index in [-0.39, 0.29) is 0 Å². The minimum absolute atomic E-state index is 0.558. The average Bonchev–Trinajstić information content (AvgIpc) is 3.25. The van der Waals surface area contributed by atoms with Crippen molar-refractivity contribution in [2.75, 3.05) is 7.05 Å². The zero-order chi connectivity index (χ0) is 16.8. The third kappa shape index (κ3) is 3.96. The van der Waals surface area contributed by atoms with Gasteiger partial charge in [0, 0.05) is 25.0 Å². The first-order chi connectivity index (χ1) is 11.8. The van der Waals surface area contributed by atoms with Crippen molar-refractivity contribution in [2.45, 2.75) is 13.1 Å². The summed E-state index contributed by atoms with van der Waals surface area (Å²) in [5.74, 6) is 1.55. The molecule has 124 valence electrons. The first-order valence-corrected chi connectivity index (χ1v) is 8.41. The second-order valence-electron chi connectivity index (χ2n) is 5.09. The van der Waals surface area contributed by atoms with Crippen molar-refractivity contribution in [1.82, 2.24) is 30.4 Å². The van der Waals surface area contributed by atoms with Gasteiger partial charge < -0.3 is 10.6 Å². The maximum Gasteiger partial charge on any atom is 0.191 e. The van der Waals surface area contributed by atoms with Crippen molar-refractivity contribution in [3.8, 4) is 10.6 Å². The lowest BCUT2D eigenvalue weighted by atomic mass is 10.2. The Bertz CT molecular complexity index is 807. The summed E-state index contributed by atoms with van der Waals surface area (Å²) < 4.78 is 1.73. The molecule has 0 unspecified atom stereocenters. The SMILES string of the molecule is CN=C(NCc1csc(-c2ccccc2)n1)NCc1ncnn1C. The number of hydrogen-bond acceptors (Lipinski definition) is 5. The number of nitrogens with one attached hydrogen (secondary N) is 2. The first kappa shape index (κ1) is 16.1. The van der Waals surface area contributed by atoms with Crippen LogP contribution in [-0.4, -0.2) is 32.8 Å². The number of hydrogen-bond donors (Lipinski definition) is 2. The largest absolute Gasteiger partial charge is 0.351 e. The molecule has 0 atom stereocenters. The molecule has 3 aromatic rings. The maximum absolute atomic E-state index is 4.66. The average molecular weight is 341 g/mol. The quantitative estimate of drug-likeness (QED) is 0.546. The van der Waals surface area contributed by atoms with Crippen LogP contribution in [0.5, 0.6) is 0 Å². The molecule has 0 aliphatic heterocycles. The predicted molar refractivity (Wildman–Crippen MR) is 95.6 cm³/mol. The first-order valence-electron chi connectivity index (χ1n) is 7.53. The molecule has 0 radical (unpaired) electrons. The Balaban J connectivity index is 1.54. The second kappa shape index (κ2) is 7.69. The number of aryl methyl sites for hydroxylation is 1. The molecule has 0 aliphatic rings. The van der Waals surface area contributed by atoms with Gasteiger partial charge in [0.1, 0.15) is 17.2 Å². The van der Waals surface area contributed by atoms with Crippen LogP contribution in [-0.2, 0) is 20.1 Å². The van der Waals surface area contributed by atoms with Gasteiger partial charge in [-0.2, -0.15) is 5.10 Å². The summed E-state index contributed by atoms with van der Waals surface area (Å²) in [4.78, 5) is 13.0. The Kier molecular flexibility index (Phi) is 5.17. The molecule has 2 N–H and O–H groups in total. The van der Waals surface area contributed by atoms with Crippen molar-refractivity contribution in [3.05, 3.63) is 53.6 Å². The summed E-state index contributed by atoms with van der Waals surface area (Å²) in [5, 5.41) is 13.6. The van der Waals surface area contributed by atoms with Crippen LogP contribution in [0.3, 0.4) is 0 Å². The lowest BCUT2D eigenvalue weighted by molar-refractivity contribution is 0.672. The number of nitrogens with zero attached hydrogens (tertiary/aromatic N) is 5. The highest BCUT2D eigenvalue weighted by Gasteiger charge is 2.06. The van der Waals surface area contributed by atoms with Crippen LogP contribution in [0.4, 0.5) is 0 Å². The van der Waals surface area contributed by atoms with E-state index in [9.17, 15) is 0 Å². The summed E-state index contributed by atoms with van der Waals surface area (Å²) in [6, 6.07) is 10.2. The fourth-order valence-electron chi connectivity index (χ4n) is 2.14. The topological polar surface area (TPSA) is 80.0 Å². The van der Waals surface area contributed by atoms with E-state index < -0.39 is 0 Å². The van der Waals surface area contributed by atoms with Gasteiger partial charge in [-0.05, 0) is 0 Å². The van der Waals surface area contributed by atoms with Crippen molar-refractivity contribution >= 4 is 17.3 Å². The zero-order valence-corrected chi connectivity index (χ0v) is 14.4. The molecule has 0 fully saturated rings. The van der Waals surface area contributed by atoms with Gasteiger partial charge in [-0.25, -0.2) is 9.97 Å². The lowest BCUT2D eigenvalue weighted by Gasteiger charge is -2.10. The number of guanidine groups is 1. The van der Waals surface area contributed by atoms with Crippen LogP contribution >= 0.6 is 11.3 Å². The smallest absolute Gasteiger partial charge is 0.191 e. The third-order valence-electron chi connectivity index (χ3n) is 3.45. The number of thiazole rings is 1. The number of rotatable bonds is 5. The molecule has 2 heterocycles. The van der Waals surface area contributed by atoms with Gasteiger partial charge >= 0.3 is 0 Å². The zero-order valence-electron chi connectivity index (χ0n) is 13.6. The van der Waals surface area contributed by atoms with E-state index in [1.54, 1.807) is 23.1 Å². The molecule has 0 saturated carbocycles. The molecule has 0 spiro atoms. The van der Waals surface area contributed by atoms with Gasteiger partial charge in [0.2, 0.25) is 0 Å². The van der Waals surface area contributed by atoms with E-state index in [0.717, 1.165) is 22.1 Å². The van der Waals surface area contributed by atoms with Crippen LogP contribution in [0.1, 0.15) is 11.5 Å². The Morgan fingerprint density at radius 3 is 2.71 bits per heavy atom. The summed E-state index contributed by atoms with van der Waals surface area (Å²) >= 11 is 1.64. The Labute approximate surface area is 144 Å². The summed E-state index contributed by atoms with van der Waals surface area (Å²) in [6.07, 6.45) is 1.54. The summed E-state index contributed by atoms with van der Waals surface area (Å²) in [5.41, 5.74) is 2.12. The number of benzene rings is 1. The molecule has 0 amide bonds. The van der Waals surface area contributed by atoms with E-state index in [2.05, 4.69) is 48.2 Å². The van der Waals surface area contributed by atoms with Crippen LogP contribution in [0.15, 0.2) is 47.0 Å². The van der Waals surface area contributed by atoms with Crippen molar-refractivity contribution < 1.29 is 0 Å². The van der Waals surface area contributed by atoms with Gasteiger partial charge in [-0.1, -0.05) is 30.3 Å². The molecule has 0 aliphatic carbocycles. The molecular weight excluding hydrogens is 322 g/mol. The summed E-state index contributed by atoms with van der Waals surface area (Å²) in [6.45, 7) is 1.17. The maximum atomic E-state index is 4.66. The molecule has 7 nitrogen and oxygen atoms in total. The number of aromatic nitrogens is 4. The summed E-state index contributed by atoms with van der Waals surface area (Å²) in [7, 11) is 3.60. The highest BCUT2D eigenvalue weighted by molar-refractivity contribution is 7.13. The van der Waals surface area contributed by atoms with E-state index in [4.69, 9.17) is 0 Å². The monoisotopic (exact) mass is 341 g/mol. The molecule has 2 aromatic heterocycles. The third-order valence-corrected chi connectivity index (χ3v) is 4.39. The van der Waals surface area contributed by atoms with Crippen molar-refractivity contribution in [3.63, 3.8) is 0 Å². The minimum atomic E-state index is 0.558. The van der Waals surface area contributed by atoms with E-state index in [1.165, 1.54) is 6.33 Å². The molecule has 3 rings (SSSR count). The predicted octanol–water partition coefficient (Wildman–Crippen LogP) is 1.80. The molecule has 0 saturated heterocycles. The highest BCUT2D eigenvalue weighted by Crippen LogP contribution is 2.23. The second-order valence-corrected chi connectivity index (χ2v) is 5.95. The normalized spacial score (nSPS) is 11.5. The van der Waals surface area contributed by atoms with Crippen LogP contribution in [0.25, 0.3) is 10.6 Å². The van der Waals surface area contributed by atoms with Crippen molar-refractivity contribution in [2.24, 2.45) is 12.0 Å². The fraction of sp³-hybridized carbons (Fsp3) is 0.250. The molecule has 24 heavy (non-hydrogen) atoms. The Hall–Kier alpha value is -2.74. The highest BCUT2D eigenvalue weighted by atomic mass is 32.1. The Morgan fingerprint density at radius 1 is 1.21 bits per heavy atom. The van der Waals surface area contributed by atoms with Gasteiger partial charge in [0.05, 0.1) is 18.8 Å². The van der Waals surface area contributed by atoms with E-state index in [0.29, 0.717) is 19.0 Å². The fourth-order valence-corrected chi connectivity index (χ4v) is 2.97. The van der Waals surface area contributed by atoms with Gasteiger partial charge in [0.25, 0.3) is 0 Å². The van der Waals surface area contributed by atoms with Crippen molar-refractivity contribution in [1.29, 1.82) is 0 Å². The van der Waals surface area contributed by atoms with Gasteiger partial charge in [0.15, 0.2) is 5.96 Å². The van der Waals surface area contributed by atoms with Crippen LogP contribution < -0.4 is 10.6 Å². The van der Waals surface area contributed by atoms with Gasteiger partial charge in [-0.15, -0.1) is 11.3 Å². The van der Waals surface area contributed by atoms with E-state index in [1.807, 2.05) is 25.2 Å². The number of aliphatic imine (C=N–C) groups is 1. The van der Waals surface area contributed by atoms with E-state index >= 15 is 0 Å². The van der Waals surface area contributed by atoms with Crippen LogP contribution in [0.2, 0.25) is 0 Å². The molecular formula is C16H19N7S. The molecule has 1 aromatic carbocycles. The van der Waals surface area contributed by atoms with Gasteiger partial charge in [-0.3, -0.25) is 9.67 Å². The standard InChI is InChI=1S/C16H19N7S/c1-17-16(19-9-14-20-11-21-23(14)2)18-8-13-10-24-15(22-13)12-6-4-3-5-7-12/h3-7,10-11H,8-9H2,1-2H3,(H2,17,18,19).